The number of hydrogen-bond donors (Lipinski definition) is 1. The molecule has 0 bridgehead atoms. The van der Waals surface area contributed by atoms with Crippen LogP contribution < -0.4 is 0 Å². The number of carbonyl (C=O) groups is 2. The van der Waals surface area contributed by atoms with Gasteiger partial charge in [-0.3, -0.25) is 9.80 Å². The first-order chi connectivity index (χ1) is 13.4. The smallest absolute Gasteiger partial charge is 0.347 e. The minimum absolute atomic E-state index is 0.0498. The zero-order chi connectivity index (χ0) is 22.1. The molecule has 1 heterocycles. The van der Waals surface area contributed by atoms with Crippen LogP contribution in [0.1, 0.15) is 41.0 Å². The number of halogens is 2. The van der Waals surface area contributed by atoms with E-state index in [0.717, 1.165) is 6.08 Å². The van der Waals surface area contributed by atoms with Gasteiger partial charge in [0.05, 0.1) is 12.6 Å². The fraction of sp³-hybridized carbons (Fsp3) is 0.619. The summed E-state index contributed by atoms with van der Waals surface area (Å²) in [6.45, 7) is 9.16. The maximum Gasteiger partial charge on any atom is 0.347 e. The zero-order valence-corrected chi connectivity index (χ0v) is 17.8. The van der Waals surface area contributed by atoms with Crippen LogP contribution in [0.3, 0.4) is 0 Å². The second-order valence-corrected chi connectivity index (χ2v) is 9.01. The largest absolute Gasteiger partial charge is 0.509 e. The van der Waals surface area contributed by atoms with E-state index in [2.05, 4.69) is 0 Å². The molecule has 1 unspecified atom stereocenters. The standard InChI is InChI=1S/C21H30F2N2O4/c1-12(2)11-29-20(28)15-17(26)18(21(3,4)5)24(6)25(19(15)27)10-13-8-7-9-14(22)16(13)23/h7,9,12-13,18,26H,8,10-11H2,1-6H3/t13?,18-/m1/s1. The lowest BCUT2D eigenvalue weighted by Crippen LogP contribution is -2.60. The summed E-state index contributed by atoms with van der Waals surface area (Å²) >= 11 is 0. The third-order valence-corrected chi connectivity index (χ3v) is 4.95. The van der Waals surface area contributed by atoms with Crippen molar-refractivity contribution < 1.29 is 28.2 Å². The van der Waals surface area contributed by atoms with Crippen molar-refractivity contribution in [1.82, 2.24) is 10.0 Å². The highest BCUT2D eigenvalue weighted by molar-refractivity contribution is 6.17. The van der Waals surface area contributed by atoms with Gasteiger partial charge in [0, 0.05) is 19.5 Å². The molecular weight excluding hydrogens is 382 g/mol. The molecule has 0 aromatic carbocycles. The number of nitrogens with zero attached hydrogens (tertiary/aromatic N) is 2. The Balaban J connectivity index is 2.42. The number of aliphatic hydroxyl groups excluding tert-OH is 1. The Morgan fingerprint density at radius 3 is 2.52 bits per heavy atom. The van der Waals surface area contributed by atoms with Gasteiger partial charge in [-0.15, -0.1) is 0 Å². The molecule has 0 saturated carbocycles. The van der Waals surface area contributed by atoms with Gasteiger partial charge in [-0.25, -0.2) is 18.6 Å². The summed E-state index contributed by atoms with van der Waals surface area (Å²) in [7, 11) is 1.58. The van der Waals surface area contributed by atoms with Crippen LogP contribution in [0, 0.1) is 17.3 Å². The van der Waals surface area contributed by atoms with Crippen LogP contribution in [-0.4, -0.2) is 53.2 Å². The molecule has 2 rings (SSSR count). The molecule has 29 heavy (non-hydrogen) atoms. The second kappa shape index (κ2) is 8.65. The van der Waals surface area contributed by atoms with Crippen molar-refractivity contribution in [2.24, 2.45) is 17.3 Å². The fourth-order valence-corrected chi connectivity index (χ4v) is 3.60. The number of hydrogen-bond acceptors (Lipinski definition) is 5. The number of amides is 1. The van der Waals surface area contributed by atoms with Gasteiger partial charge in [0.15, 0.2) is 11.4 Å². The molecule has 6 nitrogen and oxygen atoms in total. The van der Waals surface area contributed by atoms with Gasteiger partial charge >= 0.3 is 5.97 Å². The molecule has 0 aromatic rings. The van der Waals surface area contributed by atoms with Gasteiger partial charge in [0.1, 0.15) is 11.6 Å². The van der Waals surface area contributed by atoms with Gasteiger partial charge < -0.3 is 9.84 Å². The van der Waals surface area contributed by atoms with Crippen LogP contribution in [0.4, 0.5) is 8.78 Å². The first kappa shape index (κ1) is 23.1. The number of aliphatic hydroxyl groups is 1. The molecule has 0 spiro atoms. The molecule has 0 aromatic heterocycles. The SMILES string of the molecule is CC(C)COC(=O)C1=C(O)[C@H](C(C)(C)C)N(C)N(CC2CC=CC(F)=C2F)C1=O. The highest BCUT2D eigenvalue weighted by atomic mass is 19.2. The van der Waals surface area contributed by atoms with Crippen LogP contribution in [0.25, 0.3) is 0 Å². The first-order valence-electron chi connectivity index (χ1n) is 9.72. The van der Waals surface area contributed by atoms with Crippen molar-refractivity contribution in [3.05, 3.63) is 35.1 Å². The van der Waals surface area contributed by atoms with Crippen LogP contribution in [-0.2, 0) is 14.3 Å². The fourth-order valence-electron chi connectivity index (χ4n) is 3.60. The Hall–Kier alpha value is -2.22. The van der Waals surface area contributed by atoms with Crippen molar-refractivity contribution >= 4 is 11.9 Å². The number of rotatable bonds is 5. The highest BCUT2D eigenvalue weighted by Gasteiger charge is 2.47. The third-order valence-electron chi connectivity index (χ3n) is 4.95. The van der Waals surface area contributed by atoms with E-state index in [1.54, 1.807) is 7.05 Å². The van der Waals surface area contributed by atoms with Crippen LogP contribution in [0.15, 0.2) is 35.1 Å². The van der Waals surface area contributed by atoms with E-state index in [1.165, 1.54) is 16.1 Å². The lowest BCUT2D eigenvalue weighted by molar-refractivity contribution is -0.161. The molecule has 1 N–H and O–H groups in total. The number of carbonyl (C=O) groups excluding carboxylic acids is 2. The van der Waals surface area contributed by atoms with E-state index >= 15 is 0 Å². The van der Waals surface area contributed by atoms with Crippen molar-refractivity contribution in [3.63, 3.8) is 0 Å². The summed E-state index contributed by atoms with van der Waals surface area (Å²) < 4.78 is 33.1. The number of esters is 1. The van der Waals surface area contributed by atoms with Crippen LogP contribution in [0.5, 0.6) is 0 Å². The molecule has 162 valence electrons. The van der Waals surface area contributed by atoms with E-state index in [1.807, 2.05) is 34.6 Å². The highest BCUT2D eigenvalue weighted by Crippen LogP contribution is 2.37. The summed E-state index contributed by atoms with van der Waals surface area (Å²) in [6.07, 6.45) is 2.79. The van der Waals surface area contributed by atoms with Gasteiger partial charge in [-0.05, 0) is 23.8 Å². The Bertz CT molecular complexity index is 765. The van der Waals surface area contributed by atoms with E-state index in [-0.39, 0.29) is 31.2 Å². The van der Waals surface area contributed by atoms with Crippen molar-refractivity contribution in [1.29, 1.82) is 0 Å². The Morgan fingerprint density at radius 1 is 1.34 bits per heavy atom. The molecule has 0 radical (unpaired) electrons. The Labute approximate surface area is 170 Å². The van der Waals surface area contributed by atoms with Crippen molar-refractivity contribution in [3.8, 4) is 0 Å². The van der Waals surface area contributed by atoms with Gasteiger partial charge in [0.25, 0.3) is 5.91 Å². The van der Waals surface area contributed by atoms with Gasteiger partial charge in [-0.2, -0.15) is 0 Å². The van der Waals surface area contributed by atoms with Crippen molar-refractivity contribution in [2.45, 2.75) is 47.1 Å². The average molecular weight is 412 g/mol. The molecule has 1 amide bonds. The molecule has 2 atom stereocenters. The summed E-state index contributed by atoms with van der Waals surface area (Å²) in [5.41, 5.74) is -1.02. The molecule has 2 aliphatic rings. The lowest BCUT2D eigenvalue weighted by atomic mass is 9.82. The van der Waals surface area contributed by atoms with Crippen LogP contribution in [0.2, 0.25) is 0 Å². The topological polar surface area (TPSA) is 70.1 Å². The summed E-state index contributed by atoms with van der Waals surface area (Å²) in [4.78, 5) is 25.7. The average Bonchev–Trinajstić information content (AvgIpc) is 2.59. The quantitative estimate of drug-likeness (QED) is 0.549. The lowest BCUT2D eigenvalue weighted by Gasteiger charge is -2.47. The van der Waals surface area contributed by atoms with Crippen LogP contribution >= 0.6 is 0 Å². The third kappa shape index (κ3) is 4.86. The maximum absolute atomic E-state index is 14.3. The van der Waals surface area contributed by atoms with Gasteiger partial charge in [-0.1, -0.05) is 40.7 Å². The zero-order valence-electron chi connectivity index (χ0n) is 17.8. The molecule has 1 aliphatic carbocycles. The summed E-state index contributed by atoms with van der Waals surface area (Å²) in [5, 5.41) is 13.5. The molecular formula is C21H30F2N2O4. The predicted molar refractivity (Wildman–Crippen MR) is 105 cm³/mol. The van der Waals surface area contributed by atoms with E-state index in [4.69, 9.17) is 4.74 Å². The predicted octanol–water partition coefficient (Wildman–Crippen LogP) is 3.83. The number of allylic oxidation sites excluding steroid dienone is 3. The summed E-state index contributed by atoms with van der Waals surface area (Å²) in [5.74, 6) is -4.80. The van der Waals surface area contributed by atoms with E-state index < -0.39 is 46.5 Å². The number of ether oxygens (including phenoxy) is 1. The minimum Gasteiger partial charge on any atom is -0.509 e. The van der Waals surface area contributed by atoms with Gasteiger partial charge in [0.2, 0.25) is 0 Å². The number of likely N-dealkylation sites (N-methyl/N-ethyl adjacent to an activating group) is 1. The minimum atomic E-state index is -0.962. The normalized spacial score (nSPS) is 24.0. The first-order valence-corrected chi connectivity index (χ1v) is 9.72. The monoisotopic (exact) mass is 412 g/mol. The molecule has 8 heteroatoms. The maximum atomic E-state index is 14.3. The van der Waals surface area contributed by atoms with Crippen molar-refractivity contribution in [2.75, 3.05) is 20.2 Å². The molecule has 1 aliphatic heterocycles. The van der Waals surface area contributed by atoms with E-state index in [0.29, 0.717) is 0 Å². The molecule has 0 fully saturated rings. The van der Waals surface area contributed by atoms with E-state index in [9.17, 15) is 23.5 Å². The number of hydrazine groups is 1. The molecule has 0 saturated heterocycles. The Morgan fingerprint density at radius 2 is 1.97 bits per heavy atom. The summed E-state index contributed by atoms with van der Waals surface area (Å²) in [6, 6.07) is -0.724. The Kier molecular flexibility index (Phi) is 6.88. The second-order valence-electron chi connectivity index (χ2n) is 9.01.